The van der Waals surface area contributed by atoms with Crippen molar-refractivity contribution in [1.29, 1.82) is 0 Å². The molecule has 0 radical (unpaired) electrons. The molecule has 2 aromatic heterocycles. The number of benzene rings is 1. The van der Waals surface area contributed by atoms with Gasteiger partial charge in [0.05, 0.1) is 6.54 Å². The van der Waals surface area contributed by atoms with Gasteiger partial charge in [0, 0.05) is 58.1 Å². The largest absolute Gasteiger partial charge is 0.435 e. The zero-order valence-electron chi connectivity index (χ0n) is 21.6. The number of halogens is 2. The fourth-order valence-corrected chi connectivity index (χ4v) is 5.48. The van der Waals surface area contributed by atoms with Crippen molar-refractivity contribution in [2.75, 3.05) is 61.3 Å². The first kappa shape index (κ1) is 27.1. The molecule has 1 aromatic carbocycles. The zero-order chi connectivity index (χ0) is 27.2. The molecule has 1 atom stereocenters. The summed E-state index contributed by atoms with van der Waals surface area (Å²) in [7, 11) is 0. The first-order chi connectivity index (χ1) is 18.9. The molecule has 39 heavy (non-hydrogen) atoms. The summed E-state index contributed by atoms with van der Waals surface area (Å²) >= 11 is 1.32. The number of ether oxygens (including phenoxy) is 1. The number of hydrogen-bond donors (Lipinski definition) is 2. The molecule has 14 heteroatoms. The molecule has 0 saturated carbocycles. The average Bonchev–Trinajstić information content (AvgIpc) is 3.57. The third-order valence-electron chi connectivity index (χ3n) is 6.78. The fourth-order valence-electron chi connectivity index (χ4n) is 4.75. The maximum Gasteiger partial charge on any atom is 0.387 e. The molecule has 0 bridgehead atoms. The second-order valence-corrected chi connectivity index (χ2v) is 10.6. The molecule has 208 valence electrons. The lowest BCUT2D eigenvalue weighted by molar-refractivity contribution is -0.117. The van der Waals surface area contributed by atoms with Crippen molar-refractivity contribution in [1.82, 2.24) is 30.2 Å². The van der Waals surface area contributed by atoms with Gasteiger partial charge in [-0.25, -0.2) is 0 Å². The molecule has 3 aromatic rings. The van der Waals surface area contributed by atoms with Crippen molar-refractivity contribution < 1.29 is 18.3 Å². The summed E-state index contributed by atoms with van der Waals surface area (Å²) in [5.41, 5.74) is 1.60. The summed E-state index contributed by atoms with van der Waals surface area (Å²) in [5.74, 6) is 0.935. The number of amides is 1. The number of anilines is 3. The number of hydrogen-bond acceptors (Lipinski definition) is 11. The molecule has 0 unspecified atom stereocenters. The van der Waals surface area contributed by atoms with E-state index in [1.807, 2.05) is 18.2 Å². The second-order valence-electron chi connectivity index (χ2n) is 9.65. The highest BCUT2D eigenvalue weighted by molar-refractivity contribution is 7.19. The summed E-state index contributed by atoms with van der Waals surface area (Å²) in [4.78, 5) is 19.1. The minimum atomic E-state index is -2.84. The highest BCUT2D eigenvalue weighted by Crippen LogP contribution is 2.25. The number of alkyl halides is 2. The van der Waals surface area contributed by atoms with Crippen molar-refractivity contribution in [3.05, 3.63) is 47.7 Å². The molecule has 1 amide bonds. The predicted octanol–water partition coefficient (Wildman–Crippen LogP) is 2.69. The van der Waals surface area contributed by atoms with Crippen LogP contribution in [0.2, 0.25) is 0 Å². The molecule has 2 fully saturated rings. The van der Waals surface area contributed by atoms with E-state index in [2.05, 4.69) is 50.5 Å². The summed E-state index contributed by atoms with van der Waals surface area (Å²) < 4.78 is 29.9. The third kappa shape index (κ3) is 7.55. The van der Waals surface area contributed by atoms with E-state index in [4.69, 9.17) is 0 Å². The highest BCUT2D eigenvalue weighted by Gasteiger charge is 2.25. The van der Waals surface area contributed by atoms with Gasteiger partial charge in [-0.1, -0.05) is 23.5 Å². The number of carbonyl (C=O) groups is 1. The van der Waals surface area contributed by atoms with Crippen LogP contribution in [-0.4, -0.2) is 94.6 Å². The average molecular weight is 560 g/mol. The number of carbonyl (C=O) groups excluding carboxylic acids is 1. The van der Waals surface area contributed by atoms with E-state index < -0.39 is 6.61 Å². The Labute approximate surface area is 229 Å². The Hall–Kier alpha value is -3.49. The molecular formula is C25H31F2N9O2S. The number of aromatic nitrogens is 4. The highest BCUT2D eigenvalue weighted by atomic mass is 32.1. The Balaban J connectivity index is 1.03. The van der Waals surface area contributed by atoms with Gasteiger partial charge in [0.1, 0.15) is 5.75 Å². The van der Waals surface area contributed by atoms with Gasteiger partial charge < -0.3 is 15.0 Å². The van der Waals surface area contributed by atoms with E-state index in [0.29, 0.717) is 22.4 Å². The molecule has 11 nitrogen and oxygen atoms in total. The molecule has 0 aliphatic carbocycles. The van der Waals surface area contributed by atoms with E-state index in [0.717, 1.165) is 57.1 Å². The molecule has 5 rings (SSSR count). The molecule has 0 spiro atoms. The minimum absolute atomic E-state index is 0.131. The first-order valence-corrected chi connectivity index (χ1v) is 13.6. The monoisotopic (exact) mass is 559 g/mol. The lowest BCUT2D eigenvalue weighted by Crippen LogP contribution is -2.48. The summed E-state index contributed by atoms with van der Waals surface area (Å²) in [6.45, 7) is 4.48. The van der Waals surface area contributed by atoms with Crippen LogP contribution in [0.15, 0.2) is 36.5 Å². The quantitative estimate of drug-likeness (QED) is 0.385. The van der Waals surface area contributed by atoms with Crippen LogP contribution < -0.4 is 20.3 Å². The number of piperazine rings is 1. The Morgan fingerprint density at radius 2 is 1.90 bits per heavy atom. The lowest BCUT2D eigenvalue weighted by Gasteiger charge is -2.34. The van der Waals surface area contributed by atoms with Crippen LogP contribution in [0.25, 0.3) is 0 Å². The summed E-state index contributed by atoms with van der Waals surface area (Å²) in [6.07, 6.45) is 2.60. The topological polar surface area (TPSA) is 112 Å². The Kier molecular flexibility index (Phi) is 8.74. The molecule has 2 aliphatic rings. The molecule has 2 N–H and O–H groups in total. The third-order valence-corrected chi connectivity index (χ3v) is 7.55. The van der Waals surface area contributed by atoms with Gasteiger partial charge in [0.15, 0.2) is 5.82 Å². The maximum absolute atomic E-state index is 12.6. The summed E-state index contributed by atoms with van der Waals surface area (Å²) in [5, 5.41) is 23.8. The standard InChI is InChI=1S/C25H31F2N9O2S/c1-17-4-5-18(13-20(17)38-23(26)27)14-34-9-11-35(12-10-34)16-22(37)30-25-33-32-24(39-25)29-19-6-8-36(15-19)21-3-2-7-28-31-21/h2-5,7,13,19,23H,6,8-12,14-16H2,1H3,(H,29,32)(H,30,33,37)/t19-/m1/s1. The Morgan fingerprint density at radius 1 is 1.10 bits per heavy atom. The number of nitrogens with one attached hydrogen (secondary N) is 2. The minimum Gasteiger partial charge on any atom is -0.435 e. The van der Waals surface area contributed by atoms with Crippen LogP contribution in [0.5, 0.6) is 5.75 Å². The maximum atomic E-state index is 12.6. The predicted molar refractivity (Wildman–Crippen MR) is 144 cm³/mol. The Bertz CT molecular complexity index is 1240. The number of aryl methyl sites for hydroxylation is 1. The van der Waals surface area contributed by atoms with Crippen LogP contribution in [0.1, 0.15) is 17.5 Å². The van der Waals surface area contributed by atoms with Gasteiger partial charge in [-0.3, -0.25) is 19.9 Å². The number of rotatable bonds is 10. The van der Waals surface area contributed by atoms with E-state index in [-0.39, 0.29) is 24.2 Å². The fraction of sp³-hybridized carbons (Fsp3) is 0.480. The van der Waals surface area contributed by atoms with E-state index in [1.54, 1.807) is 25.3 Å². The normalized spacial score (nSPS) is 18.5. The smallest absolute Gasteiger partial charge is 0.387 e. The van der Waals surface area contributed by atoms with Crippen LogP contribution in [-0.2, 0) is 11.3 Å². The van der Waals surface area contributed by atoms with Crippen LogP contribution in [0, 0.1) is 6.92 Å². The SMILES string of the molecule is Cc1ccc(CN2CCN(CC(=O)Nc3nnc(N[C@@H]4CCN(c5cccnn5)C4)s3)CC2)cc1OC(F)F. The van der Waals surface area contributed by atoms with Gasteiger partial charge in [0.2, 0.25) is 16.2 Å². The molecular weight excluding hydrogens is 528 g/mol. The van der Waals surface area contributed by atoms with Gasteiger partial charge >= 0.3 is 6.61 Å². The van der Waals surface area contributed by atoms with Crippen molar-refractivity contribution in [3.63, 3.8) is 0 Å². The van der Waals surface area contributed by atoms with E-state index >= 15 is 0 Å². The van der Waals surface area contributed by atoms with Gasteiger partial charge in [-0.2, -0.15) is 13.9 Å². The molecule has 2 saturated heterocycles. The van der Waals surface area contributed by atoms with E-state index in [9.17, 15) is 13.6 Å². The second kappa shape index (κ2) is 12.6. The van der Waals surface area contributed by atoms with Crippen LogP contribution >= 0.6 is 11.3 Å². The Morgan fingerprint density at radius 3 is 2.67 bits per heavy atom. The van der Waals surface area contributed by atoms with Crippen molar-refractivity contribution in [2.24, 2.45) is 0 Å². The molecule has 2 aliphatic heterocycles. The van der Waals surface area contributed by atoms with E-state index in [1.165, 1.54) is 11.3 Å². The van der Waals surface area contributed by atoms with Crippen molar-refractivity contribution in [3.8, 4) is 5.75 Å². The van der Waals surface area contributed by atoms with Crippen LogP contribution in [0.4, 0.5) is 24.9 Å². The van der Waals surface area contributed by atoms with Gasteiger partial charge in [0.25, 0.3) is 0 Å². The van der Waals surface area contributed by atoms with Gasteiger partial charge in [-0.15, -0.1) is 15.3 Å². The number of nitrogens with zero attached hydrogens (tertiary/aromatic N) is 7. The molecule has 4 heterocycles. The van der Waals surface area contributed by atoms with Crippen molar-refractivity contribution in [2.45, 2.75) is 32.5 Å². The zero-order valence-corrected chi connectivity index (χ0v) is 22.4. The van der Waals surface area contributed by atoms with Crippen molar-refractivity contribution >= 4 is 33.3 Å². The summed E-state index contributed by atoms with van der Waals surface area (Å²) in [6, 6.07) is 9.43. The lowest BCUT2D eigenvalue weighted by atomic mass is 10.1. The van der Waals surface area contributed by atoms with Gasteiger partial charge in [-0.05, 0) is 42.7 Å². The first-order valence-electron chi connectivity index (χ1n) is 12.8. The van der Waals surface area contributed by atoms with Crippen LogP contribution in [0.3, 0.4) is 0 Å².